The number of nitrogens with zero attached hydrogens (tertiary/aromatic N) is 4. The highest BCUT2D eigenvalue weighted by atomic mass is 32.2. The van der Waals surface area contributed by atoms with Gasteiger partial charge in [-0.05, 0) is 31.2 Å². The number of hydrogen-bond donors (Lipinski definition) is 0. The number of non-ortho nitro benzene ring substituents is 1. The molecular formula is C25H18N4O5S2. The summed E-state index contributed by atoms with van der Waals surface area (Å²) >= 11 is 6.55. The van der Waals surface area contributed by atoms with Crippen LogP contribution in [0, 0.1) is 17.0 Å². The van der Waals surface area contributed by atoms with E-state index in [1.165, 1.54) is 21.7 Å². The molecule has 0 bridgehead atoms. The fourth-order valence-electron chi connectivity index (χ4n) is 3.96. The number of nitro benzene ring substituents is 1. The van der Waals surface area contributed by atoms with Crippen molar-refractivity contribution in [2.24, 2.45) is 7.05 Å². The van der Waals surface area contributed by atoms with E-state index in [9.17, 15) is 19.7 Å². The smallest absolute Gasteiger partial charge is 0.296 e. The number of nitro groups is 1. The Balaban J connectivity index is 1.48. The monoisotopic (exact) mass is 518 g/mol. The summed E-state index contributed by atoms with van der Waals surface area (Å²) in [6.45, 7) is 1.76. The Morgan fingerprint density at radius 1 is 1.06 bits per heavy atom. The largest absolute Gasteiger partial charge is 0.457 e. The summed E-state index contributed by atoms with van der Waals surface area (Å²) in [6.07, 6.45) is 1.55. The Bertz CT molecular complexity index is 1630. The van der Waals surface area contributed by atoms with Crippen LogP contribution in [0.25, 0.3) is 23.1 Å². The highest BCUT2D eigenvalue weighted by Crippen LogP contribution is 2.37. The zero-order valence-electron chi connectivity index (χ0n) is 19.1. The Morgan fingerprint density at radius 2 is 1.81 bits per heavy atom. The summed E-state index contributed by atoms with van der Waals surface area (Å²) in [5, 5.41) is 11.1. The maximum absolute atomic E-state index is 13.4. The van der Waals surface area contributed by atoms with Crippen LogP contribution >= 0.6 is 24.0 Å². The molecule has 36 heavy (non-hydrogen) atoms. The number of carbonyl (C=O) groups excluding carboxylic acids is 1. The van der Waals surface area contributed by atoms with Crippen LogP contribution in [-0.2, 0) is 11.8 Å². The predicted molar refractivity (Wildman–Crippen MR) is 142 cm³/mol. The van der Waals surface area contributed by atoms with Crippen LogP contribution in [-0.4, -0.2) is 24.5 Å². The summed E-state index contributed by atoms with van der Waals surface area (Å²) in [6, 6.07) is 18.6. The molecule has 2 aromatic heterocycles. The number of hydrogen-bond acceptors (Lipinski definition) is 7. The number of thiocarbonyl (C=S) groups is 1. The highest BCUT2D eigenvalue weighted by Gasteiger charge is 2.38. The number of furan rings is 1. The van der Waals surface area contributed by atoms with E-state index < -0.39 is 10.8 Å². The third-order valence-electron chi connectivity index (χ3n) is 5.78. The van der Waals surface area contributed by atoms with E-state index >= 15 is 0 Å². The number of rotatable bonds is 5. The van der Waals surface area contributed by atoms with Crippen molar-refractivity contribution in [1.29, 1.82) is 0 Å². The second-order valence-electron chi connectivity index (χ2n) is 7.94. The van der Waals surface area contributed by atoms with Gasteiger partial charge in [0.2, 0.25) is 0 Å². The first-order chi connectivity index (χ1) is 17.3. The molecule has 0 saturated carbocycles. The van der Waals surface area contributed by atoms with Crippen LogP contribution in [0.1, 0.15) is 11.5 Å². The number of aromatic nitrogens is 2. The Morgan fingerprint density at radius 3 is 2.53 bits per heavy atom. The van der Waals surface area contributed by atoms with Gasteiger partial charge in [0.15, 0.2) is 4.32 Å². The van der Waals surface area contributed by atoms with Gasteiger partial charge in [-0.2, -0.15) is 0 Å². The molecule has 0 unspecified atom stereocenters. The molecule has 11 heteroatoms. The molecule has 0 N–H and O–H groups in total. The Labute approximate surface area is 214 Å². The average Bonchev–Trinajstić information content (AvgIpc) is 3.51. The maximum atomic E-state index is 13.4. The van der Waals surface area contributed by atoms with E-state index in [0.717, 1.165) is 11.8 Å². The third kappa shape index (κ3) is 3.97. The van der Waals surface area contributed by atoms with Crippen LogP contribution in [0.5, 0.6) is 0 Å². The van der Waals surface area contributed by atoms with E-state index in [0.29, 0.717) is 33.4 Å². The minimum absolute atomic E-state index is 0.0503. The molecule has 0 atom stereocenters. The molecule has 1 fully saturated rings. The van der Waals surface area contributed by atoms with Crippen molar-refractivity contribution in [3.05, 3.63) is 104 Å². The van der Waals surface area contributed by atoms with Gasteiger partial charge in [0.05, 0.1) is 21.2 Å². The summed E-state index contributed by atoms with van der Waals surface area (Å²) < 4.78 is 9.24. The highest BCUT2D eigenvalue weighted by molar-refractivity contribution is 8.27. The molecule has 1 amide bonds. The standard InChI is InChI=1S/C25H18N4O5S2/c1-15-22(24(31)28(26(15)2)17-8-4-3-5-9-17)27-23(30)21(36-25(27)35)14-19-11-12-20(34-19)16-7-6-10-18(13-16)29(32)33/h3-14H,1-2H3. The number of anilines is 1. The number of para-hydroxylation sites is 1. The van der Waals surface area contributed by atoms with Crippen LogP contribution in [0.15, 0.2) is 80.8 Å². The minimum atomic E-state index is -0.476. The van der Waals surface area contributed by atoms with E-state index in [-0.39, 0.29) is 21.3 Å². The van der Waals surface area contributed by atoms with Gasteiger partial charge in [-0.25, -0.2) is 4.68 Å². The zero-order chi connectivity index (χ0) is 25.6. The lowest BCUT2D eigenvalue weighted by molar-refractivity contribution is -0.384. The van der Waals surface area contributed by atoms with Crippen molar-refractivity contribution in [2.45, 2.75) is 6.92 Å². The van der Waals surface area contributed by atoms with Gasteiger partial charge < -0.3 is 4.42 Å². The molecule has 3 heterocycles. The second-order valence-corrected chi connectivity index (χ2v) is 9.61. The minimum Gasteiger partial charge on any atom is -0.457 e. The SMILES string of the molecule is Cc1c(N2C(=O)C(=Cc3ccc(-c4cccc([N+](=O)[O-])c4)o3)SC2=S)c(=O)n(-c2ccccc2)n1C. The first-order valence-corrected chi connectivity index (χ1v) is 12.0. The van der Waals surface area contributed by atoms with Crippen LogP contribution in [0.3, 0.4) is 0 Å². The van der Waals surface area contributed by atoms with Crippen molar-refractivity contribution in [1.82, 2.24) is 9.36 Å². The molecular weight excluding hydrogens is 500 g/mol. The molecule has 0 radical (unpaired) electrons. The molecule has 1 saturated heterocycles. The third-order valence-corrected chi connectivity index (χ3v) is 7.08. The lowest BCUT2D eigenvalue weighted by atomic mass is 10.1. The van der Waals surface area contributed by atoms with Gasteiger partial charge in [-0.3, -0.25) is 29.3 Å². The van der Waals surface area contributed by atoms with Gasteiger partial charge in [0, 0.05) is 30.8 Å². The number of thioether (sulfide) groups is 1. The summed E-state index contributed by atoms with van der Waals surface area (Å²) in [7, 11) is 1.75. The van der Waals surface area contributed by atoms with Gasteiger partial charge in [0.25, 0.3) is 17.2 Å². The predicted octanol–water partition coefficient (Wildman–Crippen LogP) is 5.06. The van der Waals surface area contributed by atoms with Crippen molar-refractivity contribution in [3.63, 3.8) is 0 Å². The average molecular weight is 519 g/mol. The summed E-state index contributed by atoms with van der Waals surface area (Å²) in [5.74, 6) is 0.373. The number of amides is 1. The molecule has 1 aliphatic rings. The molecule has 4 aromatic rings. The van der Waals surface area contributed by atoms with Gasteiger partial charge >= 0.3 is 0 Å². The molecule has 0 spiro atoms. The lowest BCUT2D eigenvalue weighted by Crippen LogP contribution is -2.33. The molecule has 0 aliphatic carbocycles. The fraction of sp³-hybridized carbons (Fsp3) is 0.0800. The van der Waals surface area contributed by atoms with Gasteiger partial charge in [-0.15, -0.1) is 0 Å². The topological polar surface area (TPSA) is 104 Å². The van der Waals surface area contributed by atoms with E-state index in [1.54, 1.807) is 49.0 Å². The first kappa shape index (κ1) is 23.5. The maximum Gasteiger partial charge on any atom is 0.296 e. The van der Waals surface area contributed by atoms with Crippen molar-refractivity contribution in [2.75, 3.05) is 4.90 Å². The van der Waals surface area contributed by atoms with E-state index in [2.05, 4.69) is 0 Å². The summed E-state index contributed by atoms with van der Waals surface area (Å²) in [4.78, 5) is 38.9. The van der Waals surface area contributed by atoms with Gasteiger partial charge in [-0.1, -0.05) is 54.3 Å². The van der Waals surface area contributed by atoms with Crippen LogP contribution in [0.4, 0.5) is 11.4 Å². The Kier molecular flexibility index (Phi) is 5.94. The van der Waals surface area contributed by atoms with Crippen molar-refractivity contribution in [3.8, 4) is 17.0 Å². The second kappa shape index (κ2) is 9.10. The fourth-order valence-corrected chi connectivity index (χ4v) is 5.21. The quantitative estimate of drug-likeness (QED) is 0.157. The molecule has 9 nitrogen and oxygen atoms in total. The zero-order valence-corrected chi connectivity index (χ0v) is 20.7. The number of benzene rings is 2. The first-order valence-electron chi connectivity index (χ1n) is 10.7. The van der Waals surface area contributed by atoms with Crippen molar-refractivity contribution < 1.29 is 14.1 Å². The van der Waals surface area contributed by atoms with E-state index in [1.807, 2.05) is 30.3 Å². The normalized spacial score (nSPS) is 14.7. The van der Waals surface area contributed by atoms with Gasteiger partial charge in [0.1, 0.15) is 17.2 Å². The summed E-state index contributed by atoms with van der Waals surface area (Å²) in [5.41, 5.74) is 1.59. The number of carbonyl (C=O) groups is 1. The molecule has 2 aromatic carbocycles. The lowest BCUT2D eigenvalue weighted by Gasteiger charge is -2.12. The van der Waals surface area contributed by atoms with E-state index in [4.69, 9.17) is 16.6 Å². The molecule has 5 rings (SSSR count). The van der Waals surface area contributed by atoms with Crippen LogP contribution in [0.2, 0.25) is 0 Å². The van der Waals surface area contributed by atoms with Crippen LogP contribution < -0.4 is 10.5 Å². The molecule has 1 aliphatic heterocycles. The molecule has 180 valence electrons. The van der Waals surface area contributed by atoms with Crippen molar-refractivity contribution >= 4 is 51.7 Å². The Hall–Kier alpha value is -4.22.